The topological polar surface area (TPSA) is 134 Å². The van der Waals surface area contributed by atoms with E-state index in [-0.39, 0.29) is 24.8 Å². The smallest absolute Gasteiger partial charge is 0.407 e. The maximum Gasteiger partial charge on any atom is 0.407 e. The van der Waals surface area contributed by atoms with Crippen molar-refractivity contribution in [3.8, 4) is 11.3 Å². The second-order valence-corrected chi connectivity index (χ2v) is 14.1. The van der Waals surface area contributed by atoms with E-state index in [4.69, 9.17) is 14.0 Å². The SMILES string of the molecule is COC[C@H](C)COCc1ccc([C@@]2(O)CCN(C(=O)O)C(C(C)(C)C)[C@@H]2c2noc(-c3ccccc3CCNC(C)=O)c2Br)cc1. The second-order valence-electron chi connectivity index (χ2n) is 13.3. The molecule has 0 bridgehead atoms. The molecule has 1 saturated heterocycles. The number of carbonyl (C=O) groups excluding carboxylic acids is 1. The Hall–Kier alpha value is -3.25. The van der Waals surface area contributed by atoms with E-state index in [1.54, 1.807) is 7.11 Å². The lowest BCUT2D eigenvalue weighted by atomic mass is 9.64. The quantitative estimate of drug-likeness (QED) is 0.199. The Morgan fingerprint density at radius 1 is 1.17 bits per heavy atom. The van der Waals surface area contributed by atoms with E-state index in [2.05, 4.69) is 33.3 Å². The molecule has 0 spiro atoms. The van der Waals surface area contributed by atoms with Gasteiger partial charge in [0.05, 0.1) is 36.3 Å². The highest BCUT2D eigenvalue weighted by atomic mass is 79.9. The molecule has 1 aliphatic heterocycles. The third-order valence-electron chi connectivity index (χ3n) is 8.59. The van der Waals surface area contributed by atoms with E-state index < -0.39 is 29.1 Å². The first kappa shape index (κ1) is 35.6. The van der Waals surface area contributed by atoms with Crippen LogP contribution >= 0.6 is 15.9 Å². The molecule has 4 rings (SSSR count). The molecular weight excluding hydrogens is 654 g/mol. The van der Waals surface area contributed by atoms with E-state index in [0.29, 0.717) is 54.3 Å². The molecule has 2 heterocycles. The number of carbonyl (C=O) groups is 2. The lowest BCUT2D eigenvalue weighted by Crippen LogP contribution is -2.60. The molecule has 1 aromatic heterocycles. The highest BCUT2D eigenvalue weighted by Crippen LogP contribution is 2.53. The maximum absolute atomic E-state index is 12.7. The molecule has 0 aliphatic carbocycles. The molecule has 2 amide bonds. The number of carboxylic acid groups (broad SMARTS) is 1. The molecule has 3 aromatic rings. The van der Waals surface area contributed by atoms with Crippen molar-refractivity contribution in [2.45, 2.75) is 71.6 Å². The van der Waals surface area contributed by atoms with Crippen molar-refractivity contribution in [3.05, 3.63) is 75.4 Å². The number of nitrogens with one attached hydrogen (secondary N) is 1. The molecule has 11 heteroatoms. The zero-order valence-corrected chi connectivity index (χ0v) is 29.1. The molecule has 4 atom stereocenters. The van der Waals surface area contributed by atoms with Gasteiger partial charge in [0.15, 0.2) is 5.76 Å². The van der Waals surface area contributed by atoms with Crippen LogP contribution in [0.25, 0.3) is 11.3 Å². The predicted octanol–water partition coefficient (Wildman–Crippen LogP) is 6.35. The van der Waals surface area contributed by atoms with Crippen molar-refractivity contribution >= 4 is 27.9 Å². The van der Waals surface area contributed by atoms with Crippen molar-refractivity contribution < 1.29 is 33.8 Å². The van der Waals surface area contributed by atoms with Crippen LogP contribution < -0.4 is 5.32 Å². The number of amides is 2. The number of likely N-dealkylation sites (tertiary alicyclic amines) is 1. The average molecular weight is 701 g/mol. The number of piperidine rings is 1. The third-order valence-corrected chi connectivity index (χ3v) is 9.36. The second kappa shape index (κ2) is 15.1. The van der Waals surface area contributed by atoms with Crippen molar-refractivity contribution in [1.82, 2.24) is 15.4 Å². The fraction of sp³-hybridized carbons (Fsp3) is 0.514. The zero-order valence-electron chi connectivity index (χ0n) is 27.5. The van der Waals surface area contributed by atoms with E-state index >= 15 is 0 Å². The van der Waals surface area contributed by atoms with Crippen LogP contribution in [0.3, 0.4) is 0 Å². The number of ether oxygens (including phenoxy) is 2. The molecule has 3 N–H and O–H groups in total. The first-order valence-electron chi connectivity index (χ1n) is 15.6. The Morgan fingerprint density at radius 2 is 1.87 bits per heavy atom. The van der Waals surface area contributed by atoms with Gasteiger partial charge in [0.1, 0.15) is 11.3 Å². The molecule has 1 unspecified atom stereocenters. The molecule has 250 valence electrons. The van der Waals surface area contributed by atoms with Crippen molar-refractivity contribution in [2.75, 3.05) is 33.4 Å². The van der Waals surface area contributed by atoms with Crippen LogP contribution in [-0.4, -0.2) is 71.7 Å². The highest BCUT2D eigenvalue weighted by molar-refractivity contribution is 9.10. The lowest BCUT2D eigenvalue weighted by Gasteiger charge is -2.53. The molecule has 0 radical (unpaired) electrons. The van der Waals surface area contributed by atoms with Crippen LogP contribution in [0.2, 0.25) is 0 Å². The number of aromatic nitrogens is 1. The summed E-state index contributed by atoms with van der Waals surface area (Å²) in [5.74, 6) is -0.126. The van der Waals surface area contributed by atoms with E-state index in [0.717, 1.165) is 16.7 Å². The summed E-state index contributed by atoms with van der Waals surface area (Å²) >= 11 is 3.76. The Kier molecular flexibility index (Phi) is 11.7. The fourth-order valence-corrected chi connectivity index (χ4v) is 7.10. The average Bonchev–Trinajstić information content (AvgIpc) is 3.37. The largest absolute Gasteiger partial charge is 0.465 e. The van der Waals surface area contributed by atoms with Crippen LogP contribution in [0.5, 0.6) is 0 Å². The number of hydrogen-bond donors (Lipinski definition) is 3. The Labute approximate surface area is 279 Å². The summed E-state index contributed by atoms with van der Waals surface area (Å²) in [7, 11) is 1.67. The lowest BCUT2D eigenvalue weighted by molar-refractivity contribution is -0.118. The predicted molar refractivity (Wildman–Crippen MR) is 178 cm³/mol. The van der Waals surface area contributed by atoms with Crippen LogP contribution in [0.4, 0.5) is 4.79 Å². The van der Waals surface area contributed by atoms with E-state index in [1.165, 1.54) is 11.8 Å². The summed E-state index contributed by atoms with van der Waals surface area (Å²) in [6.45, 7) is 11.7. The third kappa shape index (κ3) is 7.99. The van der Waals surface area contributed by atoms with Gasteiger partial charge < -0.3 is 34.4 Å². The molecule has 10 nitrogen and oxygen atoms in total. The fourth-order valence-electron chi connectivity index (χ4n) is 6.49. The van der Waals surface area contributed by atoms with Gasteiger partial charge in [-0.05, 0) is 50.9 Å². The number of methoxy groups -OCH3 is 1. The van der Waals surface area contributed by atoms with Gasteiger partial charge in [-0.2, -0.15) is 0 Å². The summed E-state index contributed by atoms with van der Waals surface area (Å²) in [5, 5.41) is 30.4. The van der Waals surface area contributed by atoms with Crippen molar-refractivity contribution in [2.24, 2.45) is 11.3 Å². The maximum atomic E-state index is 12.7. The minimum Gasteiger partial charge on any atom is -0.465 e. The van der Waals surface area contributed by atoms with Gasteiger partial charge in [-0.15, -0.1) is 0 Å². The summed E-state index contributed by atoms with van der Waals surface area (Å²) in [4.78, 5) is 25.5. The Morgan fingerprint density at radius 3 is 2.50 bits per heavy atom. The molecule has 2 aromatic carbocycles. The van der Waals surface area contributed by atoms with E-state index in [9.17, 15) is 19.8 Å². The summed E-state index contributed by atoms with van der Waals surface area (Å²) in [6.07, 6.45) is -0.307. The van der Waals surface area contributed by atoms with Crippen LogP contribution in [0.1, 0.15) is 69.3 Å². The van der Waals surface area contributed by atoms with Gasteiger partial charge in [0.25, 0.3) is 0 Å². The van der Waals surface area contributed by atoms with Crippen LogP contribution in [-0.2, 0) is 32.9 Å². The van der Waals surface area contributed by atoms with E-state index in [1.807, 2.05) is 69.3 Å². The molecule has 1 fully saturated rings. The summed E-state index contributed by atoms with van der Waals surface area (Å²) in [5.41, 5.74) is 1.79. The highest BCUT2D eigenvalue weighted by Gasteiger charge is 2.56. The molecular formula is C35H46BrN3O7. The minimum absolute atomic E-state index is 0.106. The summed E-state index contributed by atoms with van der Waals surface area (Å²) < 4.78 is 17.6. The first-order chi connectivity index (χ1) is 21.8. The molecule has 46 heavy (non-hydrogen) atoms. The number of rotatable bonds is 12. The van der Waals surface area contributed by atoms with Gasteiger partial charge in [0.2, 0.25) is 5.91 Å². The number of halogens is 1. The standard InChI is InChI=1S/C35H46BrN3O7/c1-22(19-44-6)20-45-21-24-11-13-26(14-12-24)35(43)16-18-39(33(41)42)32(34(3,4)5)28(35)30-29(36)31(46-38-30)27-10-8-7-9-25(27)15-17-37-23(2)40/h7-14,22,28,32,43H,15-21H2,1-6H3,(H,37,40)(H,41,42)/t22-,28-,32?,35-/m0/s1. The summed E-state index contributed by atoms with van der Waals surface area (Å²) in [6, 6.07) is 14.7. The molecule has 1 aliphatic rings. The van der Waals surface area contributed by atoms with Crippen molar-refractivity contribution in [1.29, 1.82) is 0 Å². The Bertz CT molecular complexity index is 1490. The van der Waals surface area contributed by atoms with Gasteiger partial charge in [0, 0.05) is 38.6 Å². The van der Waals surface area contributed by atoms with Gasteiger partial charge in [-0.25, -0.2) is 4.79 Å². The molecule has 0 saturated carbocycles. The normalized spacial score (nSPS) is 20.8. The Balaban J connectivity index is 1.75. The van der Waals surface area contributed by atoms with Crippen LogP contribution in [0, 0.1) is 11.3 Å². The number of benzene rings is 2. The van der Waals surface area contributed by atoms with Crippen molar-refractivity contribution in [3.63, 3.8) is 0 Å². The number of hydrogen-bond acceptors (Lipinski definition) is 7. The monoisotopic (exact) mass is 699 g/mol. The minimum atomic E-state index is -1.46. The van der Waals surface area contributed by atoms with Gasteiger partial charge in [-0.3, -0.25) is 4.79 Å². The van der Waals surface area contributed by atoms with Gasteiger partial charge in [-0.1, -0.05) is 81.4 Å². The first-order valence-corrected chi connectivity index (χ1v) is 16.4. The zero-order chi connectivity index (χ0) is 33.6. The van der Waals surface area contributed by atoms with Crippen LogP contribution in [0.15, 0.2) is 57.5 Å². The number of aliphatic hydroxyl groups is 1. The number of nitrogens with zero attached hydrogens (tertiary/aromatic N) is 2. The van der Waals surface area contributed by atoms with Gasteiger partial charge >= 0.3 is 6.09 Å².